The van der Waals surface area contributed by atoms with E-state index in [2.05, 4.69) is 23.8 Å². The molecule has 0 aromatic heterocycles. The van der Waals surface area contributed by atoms with Crippen molar-refractivity contribution in [2.24, 2.45) is 0 Å². The van der Waals surface area contributed by atoms with Gasteiger partial charge in [-0.3, -0.25) is 0 Å². The van der Waals surface area contributed by atoms with Crippen molar-refractivity contribution in [1.29, 1.82) is 0 Å². The summed E-state index contributed by atoms with van der Waals surface area (Å²) in [4.78, 5) is 10.7. The van der Waals surface area contributed by atoms with Crippen molar-refractivity contribution in [3.63, 3.8) is 0 Å². The number of carbonyl (C=O) groups is 1. The summed E-state index contributed by atoms with van der Waals surface area (Å²) in [6, 6.07) is 0. The third-order valence-corrected chi connectivity index (χ3v) is 2.98. The van der Waals surface area contributed by atoms with Crippen LogP contribution in [0.1, 0.15) is 58.3 Å². The van der Waals surface area contributed by atoms with Gasteiger partial charge >= 0.3 is 18.1 Å². The van der Waals surface area contributed by atoms with Gasteiger partial charge in [-0.1, -0.05) is 44.8 Å². The summed E-state index contributed by atoms with van der Waals surface area (Å²) >= 11 is 0. The molecule has 0 fully saturated rings. The number of unbranched alkanes of at least 4 members (excludes halogenated alkanes) is 6. The Labute approximate surface area is 127 Å². The molecule has 0 unspecified atom stereocenters. The molecule has 0 aromatic rings. The highest BCUT2D eigenvalue weighted by Gasteiger charge is 2.64. The van der Waals surface area contributed by atoms with Crippen molar-refractivity contribution >= 4 is 5.97 Å². The summed E-state index contributed by atoms with van der Waals surface area (Å²) in [6.07, 6.45) is 5.18. The highest BCUT2D eigenvalue weighted by atomic mass is 19.4. The molecule has 0 saturated carbocycles. The van der Waals surface area contributed by atoms with Gasteiger partial charge in [0.2, 0.25) is 0 Å². The van der Waals surface area contributed by atoms with Gasteiger partial charge in [0.15, 0.2) is 0 Å². The molecule has 0 bridgehead atoms. The molecule has 0 aliphatic carbocycles. The Balaban J connectivity index is 3.60. The lowest BCUT2D eigenvalue weighted by molar-refractivity contribution is -0.280. The smallest absolute Gasteiger partial charge is 0.461 e. The van der Waals surface area contributed by atoms with Crippen molar-refractivity contribution in [2.45, 2.75) is 70.4 Å². The van der Waals surface area contributed by atoms with Crippen LogP contribution >= 0.6 is 0 Å². The molecule has 0 rings (SSSR count). The van der Waals surface area contributed by atoms with E-state index in [1.165, 1.54) is 0 Å². The number of allylic oxidation sites excluding steroid dienone is 2. The number of hydrogen-bond donors (Lipinski definition) is 0. The molecule has 0 aliphatic heterocycles. The summed E-state index contributed by atoms with van der Waals surface area (Å²) in [7, 11) is 0. The van der Waals surface area contributed by atoms with E-state index >= 15 is 0 Å². The van der Waals surface area contributed by atoms with E-state index in [1.807, 2.05) is 0 Å². The van der Waals surface area contributed by atoms with Crippen LogP contribution < -0.4 is 0 Å². The van der Waals surface area contributed by atoms with Crippen molar-refractivity contribution in [1.82, 2.24) is 0 Å². The Morgan fingerprint density at radius 3 is 2.05 bits per heavy atom. The molecular weight excluding hydrogens is 307 g/mol. The zero-order valence-electron chi connectivity index (χ0n) is 12.7. The van der Waals surface area contributed by atoms with E-state index in [4.69, 9.17) is 0 Å². The Morgan fingerprint density at radius 1 is 0.909 bits per heavy atom. The van der Waals surface area contributed by atoms with Gasteiger partial charge in [-0.05, 0) is 25.7 Å². The lowest BCUT2D eigenvalue weighted by Gasteiger charge is -2.17. The van der Waals surface area contributed by atoms with Gasteiger partial charge < -0.3 is 4.74 Å². The SMILES string of the molecule is CCC/C=C/CCCCCCCOC(=O)C(F)(F)C(F)(F)F. The van der Waals surface area contributed by atoms with Gasteiger partial charge in [-0.15, -0.1) is 0 Å². The second-order valence-electron chi connectivity index (χ2n) is 5.02. The van der Waals surface area contributed by atoms with Crippen LogP contribution in [0.2, 0.25) is 0 Å². The number of hydrogen-bond acceptors (Lipinski definition) is 2. The average molecular weight is 330 g/mol. The quantitative estimate of drug-likeness (QED) is 0.219. The van der Waals surface area contributed by atoms with Crippen LogP contribution in [0.25, 0.3) is 0 Å². The first-order valence-electron chi connectivity index (χ1n) is 7.50. The van der Waals surface area contributed by atoms with E-state index in [9.17, 15) is 26.7 Å². The number of rotatable bonds is 11. The molecule has 0 aliphatic rings. The normalized spacial score (nSPS) is 12.8. The van der Waals surface area contributed by atoms with Crippen molar-refractivity contribution in [2.75, 3.05) is 6.61 Å². The van der Waals surface area contributed by atoms with Crippen molar-refractivity contribution in [3.05, 3.63) is 12.2 Å². The standard InChI is InChI=1S/C15H23F5O2/c1-2-3-4-5-6-7-8-9-10-11-12-22-13(21)14(16,17)15(18,19)20/h4-5H,2-3,6-12H2,1H3/b5-4+. The fraction of sp³-hybridized carbons (Fsp3) is 0.800. The second-order valence-corrected chi connectivity index (χ2v) is 5.02. The third kappa shape index (κ3) is 8.34. The zero-order valence-corrected chi connectivity index (χ0v) is 12.7. The molecule has 0 atom stereocenters. The molecule has 7 heteroatoms. The van der Waals surface area contributed by atoms with Crippen LogP contribution in [0.15, 0.2) is 12.2 Å². The van der Waals surface area contributed by atoms with Crippen LogP contribution in [0.4, 0.5) is 22.0 Å². The lowest BCUT2D eigenvalue weighted by Crippen LogP contribution is -2.45. The Morgan fingerprint density at radius 2 is 1.45 bits per heavy atom. The molecule has 0 heterocycles. The minimum atomic E-state index is -5.91. The summed E-state index contributed by atoms with van der Waals surface area (Å²) in [5.74, 6) is -7.96. The molecule has 2 nitrogen and oxygen atoms in total. The molecule has 0 N–H and O–H groups in total. The minimum Gasteiger partial charge on any atom is -0.461 e. The maximum absolute atomic E-state index is 12.5. The second kappa shape index (κ2) is 10.6. The van der Waals surface area contributed by atoms with Gasteiger partial charge in [0, 0.05) is 0 Å². The van der Waals surface area contributed by atoms with E-state index in [0.29, 0.717) is 6.42 Å². The van der Waals surface area contributed by atoms with Gasteiger partial charge in [0.25, 0.3) is 0 Å². The molecule has 0 aromatic carbocycles. The molecular formula is C15H23F5O2. The number of esters is 1. The monoisotopic (exact) mass is 330 g/mol. The summed E-state index contributed by atoms with van der Waals surface area (Å²) in [6.45, 7) is 1.68. The number of ether oxygens (including phenoxy) is 1. The fourth-order valence-corrected chi connectivity index (χ4v) is 1.67. The topological polar surface area (TPSA) is 26.3 Å². The van der Waals surface area contributed by atoms with Crippen LogP contribution in [0, 0.1) is 0 Å². The van der Waals surface area contributed by atoms with Crippen LogP contribution in [0.3, 0.4) is 0 Å². The van der Waals surface area contributed by atoms with Crippen molar-refractivity contribution in [3.8, 4) is 0 Å². The largest absolute Gasteiger partial charge is 0.465 e. The van der Waals surface area contributed by atoms with Gasteiger partial charge in [-0.2, -0.15) is 22.0 Å². The Bertz CT molecular complexity index is 337. The highest BCUT2D eigenvalue weighted by Crippen LogP contribution is 2.36. The molecule has 0 amide bonds. The van der Waals surface area contributed by atoms with Crippen LogP contribution in [-0.2, 0) is 9.53 Å². The van der Waals surface area contributed by atoms with E-state index < -0.39 is 24.7 Å². The van der Waals surface area contributed by atoms with Crippen molar-refractivity contribution < 1.29 is 31.5 Å². The third-order valence-electron chi connectivity index (χ3n) is 2.98. The first-order chi connectivity index (χ1) is 10.2. The maximum atomic E-state index is 12.5. The van der Waals surface area contributed by atoms with E-state index in [0.717, 1.165) is 38.5 Å². The molecule has 0 radical (unpaired) electrons. The first-order valence-corrected chi connectivity index (χ1v) is 7.50. The van der Waals surface area contributed by atoms with E-state index in [1.54, 1.807) is 0 Å². The minimum absolute atomic E-state index is 0.283. The number of carbonyl (C=O) groups excluding carboxylic acids is 1. The van der Waals surface area contributed by atoms with Crippen LogP contribution in [-0.4, -0.2) is 24.7 Å². The van der Waals surface area contributed by atoms with Gasteiger partial charge in [0.05, 0.1) is 6.61 Å². The fourth-order valence-electron chi connectivity index (χ4n) is 1.67. The van der Waals surface area contributed by atoms with Gasteiger partial charge in [0.1, 0.15) is 0 Å². The van der Waals surface area contributed by atoms with E-state index in [-0.39, 0.29) is 6.42 Å². The summed E-state index contributed by atoms with van der Waals surface area (Å²) in [5.41, 5.74) is 0. The number of halogens is 5. The summed E-state index contributed by atoms with van der Waals surface area (Å²) < 4.78 is 64.6. The zero-order chi connectivity index (χ0) is 17.1. The molecule has 130 valence electrons. The predicted molar refractivity (Wildman–Crippen MR) is 73.7 cm³/mol. The highest BCUT2D eigenvalue weighted by molar-refractivity contribution is 5.78. The van der Waals surface area contributed by atoms with Gasteiger partial charge in [-0.25, -0.2) is 4.79 Å². The van der Waals surface area contributed by atoms with Crippen LogP contribution in [0.5, 0.6) is 0 Å². The molecule has 22 heavy (non-hydrogen) atoms. The molecule has 0 saturated heterocycles. The average Bonchev–Trinajstić information content (AvgIpc) is 2.43. The maximum Gasteiger partial charge on any atom is 0.465 e. The Hall–Kier alpha value is -1.14. The Kier molecular flexibility index (Phi) is 10.0. The number of alkyl halides is 5. The summed E-state index contributed by atoms with van der Waals surface area (Å²) in [5, 5.41) is 0. The lowest BCUT2D eigenvalue weighted by atomic mass is 10.1. The first kappa shape index (κ1) is 20.9. The predicted octanol–water partition coefficient (Wildman–Crippen LogP) is 5.42. The molecule has 0 spiro atoms.